The zero-order valence-electron chi connectivity index (χ0n) is 44.6. The molecule has 0 radical (unpaired) electrons. The third-order valence-electron chi connectivity index (χ3n) is 16.9. The molecular weight excluding hydrogens is 933 g/mol. The van der Waals surface area contributed by atoms with Gasteiger partial charge < -0.3 is 8.80 Å². The van der Waals surface area contributed by atoms with Crippen molar-refractivity contribution in [3.63, 3.8) is 0 Å². The summed E-state index contributed by atoms with van der Waals surface area (Å²) in [5, 5.41) is 16.0. The Morgan fingerprint density at radius 1 is 0.284 bits per heavy atom. The van der Waals surface area contributed by atoms with Crippen LogP contribution >= 0.6 is 22.7 Å². The van der Waals surface area contributed by atoms with E-state index in [4.69, 9.17) is 0 Å². The monoisotopic (exact) mass is 992 g/mol. The number of rotatable bonds is 2. The van der Waals surface area contributed by atoms with Crippen LogP contribution in [0.2, 0.25) is 0 Å². The second-order valence-corrected chi connectivity index (χ2v) is 28.0. The number of benzene rings is 9. The molecule has 362 valence electrons. The van der Waals surface area contributed by atoms with E-state index in [1.165, 1.54) is 161 Å². The SMILES string of the molecule is CC(C)(C)c1cc(-c2ccc3c(c2)c2c4sc5ccccc5c4cc4c5cc6c(cc5n3c42)c2cc3c4ccccc4sc3c3c4cc(-c5cc(C(C)(C)C)cc(C(C)(C)C)c5)ccc4n6c23)cc(C(C)(C)C)c1. The second-order valence-electron chi connectivity index (χ2n) is 25.9. The lowest BCUT2D eigenvalue weighted by Gasteiger charge is -2.26. The molecule has 15 rings (SSSR count). The molecule has 9 aromatic carbocycles. The zero-order chi connectivity index (χ0) is 50.9. The Bertz CT molecular complexity index is 4540. The largest absolute Gasteiger partial charge is 0.308 e. The van der Waals surface area contributed by atoms with Crippen LogP contribution in [0.15, 0.2) is 146 Å². The van der Waals surface area contributed by atoms with E-state index in [1.54, 1.807) is 0 Å². The lowest BCUT2D eigenvalue weighted by Crippen LogP contribution is -2.16. The molecule has 4 heteroatoms. The molecule has 0 aliphatic heterocycles. The molecule has 0 atom stereocenters. The van der Waals surface area contributed by atoms with Crippen LogP contribution in [-0.4, -0.2) is 8.80 Å². The van der Waals surface area contributed by atoms with Crippen LogP contribution in [0.5, 0.6) is 0 Å². The van der Waals surface area contributed by atoms with E-state index >= 15 is 0 Å². The summed E-state index contributed by atoms with van der Waals surface area (Å²) in [4.78, 5) is 0. The fourth-order valence-electron chi connectivity index (χ4n) is 12.7. The second kappa shape index (κ2) is 14.4. The van der Waals surface area contributed by atoms with E-state index in [2.05, 4.69) is 237 Å². The molecule has 0 saturated heterocycles. The van der Waals surface area contributed by atoms with Crippen molar-refractivity contribution in [2.75, 3.05) is 0 Å². The molecular formula is C70H60N2S2. The highest BCUT2D eigenvalue weighted by molar-refractivity contribution is 7.27. The molecule has 0 saturated carbocycles. The maximum absolute atomic E-state index is 2.63. The molecule has 0 aliphatic rings. The van der Waals surface area contributed by atoms with Gasteiger partial charge in [0.25, 0.3) is 0 Å². The number of aromatic nitrogens is 2. The van der Waals surface area contributed by atoms with Gasteiger partial charge in [0.15, 0.2) is 0 Å². The van der Waals surface area contributed by atoms with Gasteiger partial charge in [0.05, 0.1) is 33.1 Å². The number of fused-ring (bicyclic) bond motifs is 20. The van der Waals surface area contributed by atoms with Gasteiger partial charge in [-0.15, -0.1) is 22.7 Å². The van der Waals surface area contributed by atoms with Crippen molar-refractivity contribution < 1.29 is 0 Å². The Kier molecular flexibility index (Phi) is 8.68. The predicted molar refractivity (Wildman–Crippen MR) is 327 cm³/mol. The molecule has 6 aromatic heterocycles. The summed E-state index contributed by atoms with van der Waals surface area (Å²) in [5.41, 5.74) is 18.5. The minimum Gasteiger partial charge on any atom is -0.308 e. The smallest absolute Gasteiger partial charge is 0.0635 e. The number of hydrogen-bond donors (Lipinski definition) is 0. The summed E-state index contributed by atoms with van der Waals surface area (Å²) in [6.45, 7) is 28.1. The Balaban J connectivity index is 1.06. The fraction of sp³-hybridized carbons (Fsp3) is 0.229. The van der Waals surface area contributed by atoms with Gasteiger partial charge in [-0.3, -0.25) is 0 Å². The van der Waals surface area contributed by atoms with Gasteiger partial charge >= 0.3 is 0 Å². The van der Waals surface area contributed by atoms with Gasteiger partial charge in [-0.1, -0.05) is 168 Å². The first-order valence-electron chi connectivity index (χ1n) is 26.6. The van der Waals surface area contributed by atoms with Crippen LogP contribution in [-0.2, 0) is 21.7 Å². The zero-order valence-corrected chi connectivity index (χ0v) is 46.2. The molecule has 0 fully saturated rings. The van der Waals surface area contributed by atoms with Crippen molar-refractivity contribution >= 4 is 139 Å². The van der Waals surface area contributed by atoms with E-state index in [1.807, 2.05) is 22.7 Å². The minimum absolute atomic E-state index is 0.0248. The first-order chi connectivity index (χ1) is 35.2. The summed E-state index contributed by atoms with van der Waals surface area (Å²) >= 11 is 3.90. The third kappa shape index (κ3) is 6.10. The standard InChI is InChI=1S/C70H60N2S2/c1-67(2,3)41-25-39(26-42(31-41)68(4,5)6)37-21-23-55-53(29-37)61-63-49(33-51-45-17-13-15-19-59(45)73-65(51)61)47-36-58-48(35-57(47)71(55)63)50-34-52-46-18-14-16-20-60(46)74-66(52)62-54-30-38(22-24-56(54)72(58)64(50)62)40-27-43(69(7,8)9)32-44(28-40)70(10,11)12/h13-36H,1-12H3. The molecule has 6 heterocycles. The quantitative estimate of drug-likeness (QED) is 0.163. The first kappa shape index (κ1) is 44.5. The third-order valence-corrected chi connectivity index (χ3v) is 19.3. The fourth-order valence-corrected chi connectivity index (χ4v) is 15.2. The summed E-state index contributed by atoms with van der Waals surface area (Å²) in [5.74, 6) is 0. The van der Waals surface area contributed by atoms with E-state index in [0.29, 0.717) is 0 Å². The molecule has 15 aromatic rings. The molecule has 2 nitrogen and oxygen atoms in total. The van der Waals surface area contributed by atoms with Crippen molar-refractivity contribution in [1.29, 1.82) is 0 Å². The summed E-state index contributed by atoms with van der Waals surface area (Å²) in [6, 6.07) is 57.6. The Labute approximate surface area is 440 Å². The topological polar surface area (TPSA) is 8.82 Å². The average molecular weight is 993 g/mol. The lowest BCUT2D eigenvalue weighted by molar-refractivity contribution is 0.568. The van der Waals surface area contributed by atoms with Gasteiger partial charge in [0.2, 0.25) is 0 Å². The number of thiophene rings is 2. The van der Waals surface area contributed by atoms with Crippen molar-refractivity contribution in [2.45, 2.75) is 105 Å². The van der Waals surface area contributed by atoms with Gasteiger partial charge in [0.1, 0.15) is 0 Å². The van der Waals surface area contributed by atoms with Crippen molar-refractivity contribution in [1.82, 2.24) is 8.80 Å². The van der Waals surface area contributed by atoms with Crippen LogP contribution in [0.3, 0.4) is 0 Å². The van der Waals surface area contributed by atoms with E-state index in [9.17, 15) is 0 Å². The summed E-state index contributed by atoms with van der Waals surface area (Å²) in [6.07, 6.45) is 0. The Morgan fingerprint density at radius 3 is 1.01 bits per heavy atom. The summed E-state index contributed by atoms with van der Waals surface area (Å²) in [7, 11) is 0. The van der Waals surface area contributed by atoms with Crippen molar-refractivity contribution in [3.8, 4) is 22.3 Å². The molecule has 0 N–H and O–H groups in total. The van der Waals surface area contributed by atoms with Crippen LogP contribution < -0.4 is 0 Å². The predicted octanol–water partition coefficient (Wildman–Crippen LogP) is 21.2. The van der Waals surface area contributed by atoms with Crippen LogP contribution in [0.1, 0.15) is 105 Å². The number of nitrogens with zero attached hydrogens (tertiary/aromatic N) is 2. The highest BCUT2D eigenvalue weighted by Crippen LogP contribution is 2.52. The van der Waals surface area contributed by atoms with Crippen LogP contribution in [0.25, 0.3) is 139 Å². The van der Waals surface area contributed by atoms with E-state index in [-0.39, 0.29) is 21.7 Å². The molecule has 0 spiro atoms. The molecule has 0 aliphatic carbocycles. The minimum atomic E-state index is 0.0248. The van der Waals surface area contributed by atoms with Crippen LogP contribution in [0, 0.1) is 0 Å². The number of hydrogen-bond acceptors (Lipinski definition) is 2. The summed E-state index contributed by atoms with van der Waals surface area (Å²) < 4.78 is 10.7. The van der Waals surface area contributed by atoms with Crippen molar-refractivity contribution in [2.24, 2.45) is 0 Å². The van der Waals surface area contributed by atoms with Gasteiger partial charge in [-0.25, -0.2) is 0 Å². The van der Waals surface area contributed by atoms with Gasteiger partial charge in [-0.2, -0.15) is 0 Å². The normalized spacial score (nSPS) is 13.7. The molecule has 0 amide bonds. The van der Waals surface area contributed by atoms with Gasteiger partial charge in [-0.05, 0) is 127 Å². The Morgan fingerprint density at radius 2 is 0.649 bits per heavy atom. The highest BCUT2D eigenvalue weighted by Gasteiger charge is 2.29. The van der Waals surface area contributed by atoms with Gasteiger partial charge in [0, 0.05) is 83.4 Å². The first-order valence-corrected chi connectivity index (χ1v) is 28.2. The average Bonchev–Trinajstić information content (AvgIpc) is 4.22. The Hall–Kier alpha value is -6.98. The maximum Gasteiger partial charge on any atom is 0.0635 e. The molecule has 74 heavy (non-hydrogen) atoms. The van der Waals surface area contributed by atoms with Crippen LogP contribution in [0.4, 0.5) is 0 Å². The lowest BCUT2D eigenvalue weighted by atomic mass is 9.79. The molecule has 0 bridgehead atoms. The van der Waals surface area contributed by atoms with E-state index in [0.717, 1.165) is 0 Å². The molecule has 0 unspecified atom stereocenters. The highest BCUT2D eigenvalue weighted by atomic mass is 32.1. The van der Waals surface area contributed by atoms with Crippen molar-refractivity contribution in [3.05, 3.63) is 168 Å². The van der Waals surface area contributed by atoms with E-state index < -0.39 is 0 Å². The maximum atomic E-state index is 2.63.